The van der Waals surface area contributed by atoms with Crippen molar-refractivity contribution in [2.75, 3.05) is 51.6 Å². The molecule has 0 radical (unpaired) electrons. The van der Waals surface area contributed by atoms with Gasteiger partial charge in [-0.15, -0.1) is 0 Å². The second-order valence-electron chi connectivity index (χ2n) is 5.95. The van der Waals surface area contributed by atoms with Crippen LogP contribution in [0.15, 0.2) is 24.3 Å². The number of benzene rings is 1. The number of rotatable bonds is 4. The average molecular weight is 259 g/mol. The summed E-state index contributed by atoms with van der Waals surface area (Å²) in [6.45, 7) is 7.35. The Morgan fingerprint density at radius 1 is 1.16 bits per heavy atom. The van der Waals surface area contributed by atoms with Crippen LogP contribution in [0.3, 0.4) is 0 Å². The van der Waals surface area contributed by atoms with Gasteiger partial charge in [-0.3, -0.25) is 0 Å². The summed E-state index contributed by atoms with van der Waals surface area (Å²) in [7, 11) is 2.22. The molecule has 0 aliphatic carbocycles. The van der Waals surface area contributed by atoms with E-state index < -0.39 is 0 Å². The normalized spacial score (nSPS) is 24.2. The molecule has 3 heteroatoms. The number of anilines is 1. The van der Waals surface area contributed by atoms with Crippen LogP contribution >= 0.6 is 0 Å². The van der Waals surface area contributed by atoms with Crippen LogP contribution < -0.4 is 5.32 Å². The summed E-state index contributed by atoms with van der Waals surface area (Å²) in [6.07, 6.45) is 2.64. The lowest BCUT2D eigenvalue weighted by Gasteiger charge is -2.32. The standard InChI is InChI=1S/C16H25N3/c1-18-9-11-19(12-10-18)8-4-5-14-13-17-16-7-3-2-6-15(14)16/h2-3,6-7,14,17H,4-5,8-13H2,1H3. The van der Waals surface area contributed by atoms with Gasteiger partial charge in [-0.1, -0.05) is 18.2 Å². The fraction of sp³-hybridized carbons (Fsp3) is 0.625. The van der Waals surface area contributed by atoms with E-state index in [0.29, 0.717) is 0 Å². The molecule has 2 aliphatic heterocycles. The molecule has 0 saturated carbocycles. The van der Waals surface area contributed by atoms with E-state index in [4.69, 9.17) is 0 Å². The third-order valence-corrected chi connectivity index (χ3v) is 4.56. The summed E-state index contributed by atoms with van der Waals surface area (Å²) in [5.74, 6) is 0.726. The summed E-state index contributed by atoms with van der Waals surface area (Å²) >= 11 is 0. The molecule has 1 N–H and O–H groups in total. The number of nitrogens with one attached hydrogen (secondary N) is 1. The molecule has 0 spiro atoms. The zero-order valence-electron chi connectivity index (χ0n) is 11.9. The van der Waals surface area contributed by atoms with Crippen molar-refractivity contribution in [3.05, 3.63) is 29.8 Å². The number of nitrogens with zero attached hydrogens (tertiary/aromatic N) is 2. The minimum atomic E-state index is 0.726. The quantitative estimate of drug-likeness (QED) is 0.894. The molecule has 2 heterocycles. The number of likely N-dealkylation sites (N-methyl/N-ethyl adjacent to an activating group) is 1. The SMILES string of the molecule is CN1CCN(CCCC2CNc3ccccc32)CC1. The van der Waals surface area contributed by atoms with E-state index in [1.807, 2.05) is 0 Å². The summed E-state index contributed by atoms with van der Waals surface area (Å²) in [6, 6.07) is 8.78. The van der Waals surface area contributed by atoms with Crippen LogP contribution in [0.5, 0.6) is 0 Å². The average Bonchev–Trinajstić information content (AvgIpc) is 2.85. The third kappa shape index (κ3) is 3.10. The van der Waals surface area contributed by atoms with E-state index >= 15 is 0 Å². The molecule has 1 aromatic carbocycles. The first-order valence-corrected chi connectivity index (χ1v) is 7.56. The highest BCUT2D eigenvalue weighted by Gasteiger charge is 2.21. The monoisotopic (exact) mass is 259 g/mol. The first-order chi connectivity index (χ1) is 9.33. The maximum Gasteiger partial charge on any atom is 0.0376 e. The second-order valence-corrected chi connectivity index (χ2v) is 5.95. The maximum absolute atomic E-state index is 3.52. The Kier molecular flexibility index (Phi) is 4.04. The summed E-state index contributed by atoms with van der Waals surface area (Å²) in [5.41, 5.74) is 2.88. The van der Waals surface area contributed by atoms with Crippen LogP contribution in [0.4, 0.5) is 5.69 Å². The largest absolute Gasteiger partial charge is 0.384 e. The van der Waals surface area contributed by atoms with Gasteiger partial charge in [0.15, 0.2) is 0 Å². The Morgan fingerprint density at radius 2 is 1.95 bits per heavy atom. The zero-order valence-corrected chi connectivity index (χ0v) is 11.9. The Balaban J connectivity index is 1.44. The Hall–Kier alpha value is -1.06. The third-order valence-electron chi connectivity index (χ3n) is 4.56. The number of piperazine rings is 1. The highest BCUT2D eigenvalue weighted by molar-refractivity contribution is 5.57. The zero-order chi connectivity index (χ0) is 13.1. The molecule has 1 aromatic rings. The number of hydrogen-bond donors (Lipinski definition) is 1. The van der Waals surface area contributed by atoms with Crippen molar-refractivity contribution in [3.8, 4) is 0 Å². The first-order valence-electron chi connectivity index (χ1n) is 7.56. The molecule has 0 amide bonds. The highest BCUT2D eigenvalue weighted by atomic mass is 15.2. The Bertz CT molecular complexity index is 410. The summed E-state index contributed by atoms with van der Waals surface area (Å²) in [5, 5.41) is 3.52. The van der Waals surface area contributed by atoms with Gasteiger partial charge in [0.1, 0.15) is 0 Å². The van der Waals surface area contributed by atoms with Crippen LogP contribution in [0.2, 0.25) is 0 Å². The van der Waals surface area contributed by atoms with Gasteiger partial charge >= 0.3 is 0 Å². The molecule has 2 aliphatic rings. The lowest BCUT2D eigenvalue weighted by atomic mass is 9.96. The molecular formula is C16H25N3. The molecular weight excluding hydrogens is 234 g/mol. The lowest BCUT2D eigenvalue weighted by Crippen LogP contribution is -2.44. The molecule has 0 aromatic heterocycles. The van der Waals surface area contributed by atoms with Crippen molar-refractivity contribution in [1.82, 2.24) is 9.80 Å². The fourth-order valence-corrected chi connectivity index (χ4v) is 3.25. The van der Waals surface area contributed by atoms with Crippen LogP contribution in [-0.2, 0) is 0 Å². The summed E-state index contributed by atoms with van der Waals surface area (Å²) < 4.78 is 0. The number of fused-ring (bicyclic) bond motifs is 1. The van der Waals surface area contributed by atoms with Crippen molar-refractivity contribution in [1.29, 1.82) is 0 Å². The van der Waals surface area contributed by atoms with Gasteiger partial charge in [0, 0.05) is 44.3 Å². The summed E-state index contributed by atoms with van der Waals surface area (Å²) in [4.78, 5) is 5.04. The van der Waals surface area contributed by atoms with Crippen molar-refractivity contribution in [2.24, 2.45) is 0 Å². The molecule has 3 rings (SSSR count). The molecule has 104 valence electrons. The van der Waals surface area contributed by atoms with Crippen molar-refractivity contribution >= 4 is 5.69 Å². The predicted molar refractivity (Wildman–Crippen MR) is 80.8 cm³/mol. The maximum atomic E-state index is 3.52. The molecule has 0 bridgehead atoms. The van der Waals surface area contributed by atoms with E-state index in [2.05, 4.69) is 46.4 Å². The van der Waals surface area contributed by atoms with E-state index in [0.717, 1.165) is 12.5 Å². The number of hydrogen-bond acceptors (Lipinski definition) is 3. The smallest absolute Gasteiger partial charge is 0.0376 e. The highest BCUT2D eigenvalue weighted by Crippen LogP contribution is 2.33. The predicted octanol–water partition coefficient (Wildman–Crippen LogP) is 2.22. The Morgan fingerprint density at radius 3 is 2.79 bits per heavy atom. The molecule has 19 heavy (non-hydrogen) atoms. The van der Waals surface area contributed by atoms with Crippen molar-refractivity contribution in [3.63, 3.8) is 0 Å². The van der Waals surface area contributed by atoms with Crippen LogP contribution in [0.25, 0.3) is 0 Å². The first kappa shape index (κ1) is 12.9. The van der Waals surface area contributed by atoms with E-state index in [-0.39, 0.29) is 0 Å². The lowest BCUT2D eigenvalue weighted by molar-refractivity contribution is 0.151. The second kappa shape index (κ2) is 5.93. The van der Waals surface area contributed by atoms with Crippen molar-refractivity contribution in [2.45, 2.75) is 18.8 Å². The van der Waals surface area contributed by atoms with Crippen LogP contribution in [0.1, 0.15) is 24.3 Å². The van der Waals surface area contributed by atoms with Gasteiger partial charge in [-0.05, 0) is 38.1 Å². The van der Waals surface area contributed by atoms with Gasteiger partial charge in [0.2, 0.25) is 0 Å². The van der Waals surface area contributed by atoms with Gasteiger partial charge in [-0.2, -0.15) is 0 Å². The van der Waals surface area contributed by atoms with Gasteiger partial charge in [-0.25, -0.2) is 0 Å². The van der Waals surface area contributed by atoms with Crippen molar-refractivity contribution < 1.29 is 0 Å². The minimum absolute atomic E-state index is 0.726. The Labute approximate surface area is 116 Å². The number of para-hydroxylation sites is 1. The molecule has 3 nitrogen and oxygen atoms in total. The van der Waals surface area contributed by atoms with Gasteiger partial charge in [0.25, 0.3) is 0 Å². The van der Waals surface area contributed by atoms with Crippen LogP contribution in [0, 0.1) is 0 Å². The minimum Gasteiger partial charge on any atom is -0.384 e. The van der Waals surface area contributed by atoms with Crippen LogP contribution in [-0.4, -0.2) is 56.1 Å². The molecule has 1 unspecified atom stereocenters. The molecule has 1 atom stereocenters. The van der Waals surface area contributed by atoms with E-state index in [1.165, 1.54) is 56.8 Å². The van der Waals surface area contributed by atoms with Gasteiger partial charge < -0.3 is 15.1 Å². The van der Waals surface area contributed by atoms with E-state index in [1.54, 1.807) is 0 Å². The molecule has 1 fully saturated rings. The van der Waals surface area contributed by atoms with Gasteiger partial charge in [0.05, 0.1) is 0 Å². The fourth-order valence-electron chi connectivity index (χ4n) is 3.25. The molecule has 1 saturated heterocycles. The topological polar surface area (TPSA) is 18.5 Å². The van der Waals surface area contributed by atoms with E-state index in [9.17, 15) is 0 Å².